The number of benzene rings is 1. The van der Waals surface area contributed by atoms with Crippen molar-refractivity contribution in [2.75, 3.05) is 12.3 Å². The summed E-state index contributed by atoms with van der Waals surface area (Å²) in [6, 6.07) is 4.87. The molecule has 0 saturated heterocycles. The van der Waals surface area contributed by atoms with Gasteiger partial charge in [0.1, 0.15) is 0 Å². The lowest BCUT2D eigenvalue weighted by Crippen LogP contribution is -2.05. The molecule has 0 aliphatic rings. The quantitative estimate of drug-likeness (QED) is 0.431. The summed E-state index contributed by atoms with van der Waals surface area (Å²) in [5, 5.41) is 0. The van der Waals surface area contributed by atoms with E-state index in [9.17, 15) is 4.79 Å². The van der Waals surface area contributed by atoms with Gasteiger partial charge in [0, 0.05) is 10.6 Å². The number of nitrogens with two attached hydrogens (primary N) is 1. The van der Waals surface area contributed by atoms with Crippen molar-refractivity contribution in [2.24, 2.45) is 0 Å². The first-order valence-electron chi connectivity index (χ1n) is 3.90. The standard InChI is InChI=1S/C9H11NO2S/c1-2-12-9(11)7-4-3-6(10)5-8(7)13/h3-5,13H,2,10H2,1H3. The molecule has 0 aliphatic carbocycles. The Kier molecular flexibility index (Phi) is 3.19. The number of hydrogen-bond donors (Lipinski definition) is 2. The van der Waals surface area contributed by atoms with Gasteiger partial charge in [-0.3, -0.25) is 0 Å². The third-order valence-corrected chi connectivity index (χ3v) is 1.89. The maximum absolute atomic E-state index is 11.3. The van der Waals surface area contributed by atoms with E-state index in [2.05, 4.69) is 12.6 Å². The molecule has 0 heterocycles. The van der Waals surface area contributed by atoms with E-state index < -0.39 is 0 Å². The van der Waals surface area contributed by atoms with Gasteiger partial charge in [0.15, 0.2) is 0 Å². The molecule has 0 spiro atoms. The van der Waals surface area contributed by atoms with Crippen molar-refractivity contribution in [3.8, 4) is 0 Å². The van der Waals surface area contributed by atoms with Crippen molar-refractivity contribution in [3.63, 3.8) is 0 Å². The van der Waals surface area contributed by atoms with E-state index >= 15 is 0 Å². The molecule has 0 amide bonds. The molecular formula is C9H11NO2S. The summed E-state index contributed by atoms with van der Waals surface area (Å²) in [6.45, 7) is 2.11. The summed E-state index contributed by atoms with van der Waals surface area (Å²) in [6.07, 6.45) is 0. The molecular weight excluding hydrogens is 186 g/mol. The molecule has 13 heavy (non-hydrogen) atoms. The normalized spacial score (nSPS) is 9.69. The van der Waals surface area contributed by atoms with Crippen LogP contribution in [0.5, 0.6) is 0 Å². The van der Waals surface area contributed by atoms with Crippen LogP contribution in [0.2, 0.25) is 0 Å². The monoisotopic (exact) mass is 197 g/mol. The fourth-order valence-electron chi connectivity index (χ4n) is 0.930. The summed E-state index contributed by atoms with van der Waals surface area (Å²) in [4.78, 5) is 11.8. The van der Waals surface area contributed by atoms with Crippen molar-refractivity contribution >= 4 is 24.3 Å². The zero-order valence-electron chi connectivity index (χ0n) is 7.28. The zero-order chi connectivity index (χ0) is 9.84. The van der Waals surface area contributed by atoms with Gasteiger partial charge in [0.05, 0.1) is 12.2 Å². The number of ether oxygens (including phenoxy) is 1. The molecule has 1 rings (SSSR count). The first-order chi connectivity index (χ1) is 6.15. The van der Waals surface area contributed by atoms with Crippen LogP contribution in [0.25, 0.3) is 0 Å². The van der Waals surface area contributed by atoms with Gasteiger partial charge >= 0.3 is 5.97 Å². The van der Waals surface area contributed by atoms with E-state index in [1.165, 1.54) is 0 Å². The number of carbonyl (C=O) groups is 1. The lowest BCUT2D eigenvalue weighted by Gasteiger charge is -2.04. The first kappa shape index (κ1) is 9.92. The molecule has 1 aromatic carbocycles. The van der Waals surface area contributed by atoms with Gasteiger partial charge in [0.2, 0.25) is 0 Å². The van der Waals surface area contributed by atoms with E-state index in [1.54, 1.807) is 25.1 Å². The number of hydrogen-bond acceptors (Lipinski definition) is 4. The molecule has 2 N–H and O–H groups in total. The van der Waals surface area contributed by atoms with Gasteiger partial charge in [-0.2, -0.15) is 0 Å². The van der Waals surface area contributed by atoms with Gasteiger partial charge in [-0.1, -0.05) is 0 Å². The lowest BCUT2D eigenvalue weighted by atomic mass is 10.2. The maximum Gasteiger partial charge on any atom is 0.339 e. The predicted molar refractivity (Wildman–Crippen MR) is 54.1 cm³/mol. The van der Waals surface area contributed by atoms with Crippen LogP contribution in [0.15, 0.2) is 23.1 Å². The second-order valence-electron chi connectivity index (χ2n) is 2.50. The van der Waals surface area contributed by atoms with Crippen molar-refractivity contribution in [1.82, 2.24) is 0 Å². The molecule has 4 heteroatoms. The van der Waals surface area contributed by atoms with Crippen LogP contribution < -0.4 is 5.73 Å². The zero-order valence-corrected chi connectivity index (χ0v) is 8.17. The third kappa shape index (κ3) is 2.39. The highest BCUT2D eigenvalue weighted by Gasteiger charge is 2.09. The topological polar surface area (TPSA) is 52.3 Å². The maximum atomic E-state index is 11.3. The largest absolute Gasteiger partial charge is 0.462 e. The molecule has 0 unspecified atom stereocenters. The highest BCUT2D eigenvalue weighted by atomic mass is 32.1. The van der Waals surface area contributed by atoms with E-state index in [4.69, 9.17) is 10.5 Å². The second kappa shape index (κ2) is 4.18. The van der Waals surface area contributed by atoms with E-state index in [0.29, 0.717) is 22.8 Å². The second-order valence-corrected chi connectivity index (χ2v) is 2.98. The van der Waals surface area contributed by atoms with Crippen molar-refractivity contribution < 1.29 is 9.53 Å². The number of thiol groups is 1. The van der Waals surface area contributed by atoms with Crippen LogP contribution in [0.4, 0.5) is 5.69 Å². The molecule has 70 valence electrons. The predicted octanol–water partition coefficient (Wildman–Crippen LogP) is 1.73. The Hall–Kier alpha value is -1.16. The Morgan fingerprint density at radius 1 is 1.62 bits per heavy atom. The summed E-state index contributed by atoms with van der Waals surface area (Å²) < 4.78 is 4.82. The van der Waals surface area contributed by atoms with Crippen molar-refractivity contribution in [1.29, 1.82) is 0 Å². The van der Waals surface area contributed by atoms with Gasteiger partial charge in [0.25, 0.3) is 0 Å². The van der Waals surface area contributed by atoms with Gasteiger partial charge in [-0.15, -0.1) is 12.6 Å². The van der Waals surface area contributed by atoms with Crippen LogP contribution in [0.3, 0.4) is 0 Å². The van der Waals surface area contributed by atoms with Crippen molar-refractivity contribution in [2.45, 2.75) is 11.8 Å². The summed E-state index contributed by atoms with van der Waals surface area (Å²) in [7, 11) is 0. The highest BCUT2D eigenvalue weighted by molar-refractivity contribution is 7.80. The molecule has 1 aromatic rings. The SMILES string of the molecule is CCOC(=O)c1ccc(N)cc1S. The fraction of sp³-hybridized carbons (Fsp3) is 0.222. The molecule has 3 nitrogen and oxygen atoms in total. The third-order valence-electron chi connectivity index (χ3n) is 1.52. The van der Waals surface area contributed by atoms with E-state index in [1.807, 2.05) is 0 Å². The summed E-state index contributed by atoms with van der Waals surface area (Å²) in [5.74, 6) is -0.368. The smallest absolute Gasteiger partial charge is 0.339 e. The average Bonchev–Trinajstić information content (AvgIpc) is 2.04. The number of esters is 1. The lowest BCUT2D eigenvalue weighted by molar-refractivity contribution is 0.0522. The number of carbonyl (C=O) groups excluding carboxylic acids is 1. The van der Waals surface area contributed by atoms with Crippen LogP contribution in [-0.4, -0.2) is 12.6 Å². The number of rotatable bonds is 2. The molecule has 0 bridgehead atoms. The Bertz CT molecular complexity index is 325. The number of anilines is 1. The van der Waals surface area contributed by atoms with E-state index in [0.717, 1.165) is 0 Å². The minimum atomic E-state index is -0.368. The molecule has 0 fully saturated rings. The highest BCUT2D eigenvalue weighted by Crippen LogP contribution is 2.17. The summed E-state index contributed by atoms with van der Waals surface area (Å²) >= 11 is 4.12. The average molecular weight is 197 g/mol. The Morgan fingerprint density at radius 3 is 2.85 bits per heavy atom. The Labute approximate surface area is 82.3 Å². The minimum absolute atomic E-state index is 0.358. The molecule has 0 saturated carbocycles. The fourth-order valence-corrected chi connectivity index (χ4v) is 1.25. The van der Waals surface area contributed by atoms with E-state index in [-0.39, 0.29) is 5.97 Å². The van der Waals surface area contributed by atoms with Gasteiger partial charge in [-0.05, 0) is 25.1 Å². The molecule has 0 radical (unpaired) electrons. The Balaban J connectivity index is 2.95. The van der Waals surface area contributed by atoms with Crippen LogP contribution >= 0.6 is 12.6 Å². The Morgan fingerprint density at radius 2 is 2.31 bits per heavy atom. The van der Waals surface area contributed by atoms with Crippen LogP contribution in [0.1, 0.15) is 17.3 Å². The number of nitrogen functional groups attached to an aromatic ring is 1. The summed E-state index contributed by atoms with van der Waals surface area (Å²) in [5.41, 5.74) is 6.53. The van der Waals surface area contributed by atoms with Crippen LogP contribution in [0, 0.1) is 0 Å². The van der Waals surface area contributed by atoms with Gasteiger partial charge in [-0.25, -0.2) is 4.79 Å². The first-order valence-corrected chi connectivity index (χ1v) is 4.35. The molecule has 0 aliphatic heterocycles. The van der Waals surface area contributed by atoms with Crippen LogP contribution in [-0.2, 0) is 4.74 Å². The minimum Gasteiger partial charge on any atom is -0.462 e. The van der Waals surface area contributed by atoms with Gasteiger partial charge < -0.3 is 10.5 Å². The molecule has 0 atom stereocenters. The van der Waals surface area contributed by atoms with Crippen molar-refractivity contribution in [3.05, 3.63) is 23.8 Å². The molecule has 0 aromatic heterocycles.